The third kappa shape index (κ3) is 2.39. The molecule has 1 aromatic heterocycles. The Balaban J connectivity index is 3.18. The number of alkyl halides is 1. The molecule has 0 saturated carbocycles. The first kappa shape index (κ1) is 11.8. The maximum atomic E-state index is 6.08. The Hall–Kier alpha value is -0.280. The Morgan fingerprint density at radius 2 is 2.21 bits per heavy atom. The van der Waals surface area contributed by atoms with Gasteiger partial charge in [-0.1, -0.05) is 41.4 Å². The molecular formula is C10H13BrClNO. The van der Waals surface area contributed by atoms with Gasteiger partial charge in [-0.2, -0.15) is 0 Å². The molecule has 0 aliphatic rings. The second-order valence-electron chi connectivity index (χ2n) is 3.72. The van der Waals surface area contributed by atoms with Crippen LogP contribution in [0.3, 0.4) is 0 Å². The summed E-state index contributed by atoms with van der Waals surface area (Å²) in [5.41, 5.74) is 1.02. The van der Waals surface area contributed by atoms with Crippen LogP contribution in [0, 0.1) is 0 Å². The normalized spacial score (nSPS) is 11.5. The van der Waals surface area contributed by atoms with Gasteiger partial charge in [0, 0.05) is 23.0 Å². The average molecular weight is 279 g/mol. The highest BCUT2D eigenvalue weighted by Crippen LogP contribution is 2.32. The molecule has 0 aliphatic carbocycles. The standard InChI is InChI=1S/C10H13BrClNO/c1-10(2,6-11)7-4-9(14-3)13-5-8(7)12/h4-5H,6H2,1-3H3. The summed E-state index contributed by atoms with van der Waals surface area (Å²) < 4.78 is 5.06. The maximum Gasteiger partial charge on any atom is 0.213 e. The predicted octanol–water partition coefficient (Wildman–Crippen LogP) is 3.42. The van der Waals surface area contributed by atoms with Crippen molar-refractivity contribution in [1.82, 2.24) is 4.98 Å². The lowest BCUT2D eigenvalue weighted by Gasteiger charge is -2.23. The largest absolute Gasteiger partial charge is 0.481 e. The summed E-state index contributed by atoms with van der Waals surface area (Å²) in [5, 5.41) is 1.52. The maximum absolute atomic E-state index is 6.08. The minimum absolute atomic E-state index is 0.0205. The zero-order valence-electron chi connectivity index (χ0n) is 8.47. The van der Waals surface area contributed by atoms with Gasteiger partial charge in [0.15, 0.2) is 0 Å². The zero-order chi connectivity index (χ0) is 10.8. The van der Waals surface area contributed by atoms with Gasteiger partial charge in [0.1, 0.15) is 0 Å². The molecule has 78 valence electrons. The third-order valence-electron chi connectivity index (χ3n) is 2.10. The van der Waals surface area contributed by atoms with Crippen molar-refractivity contribution in [2.45, 2.75) is 19.3 Å². The molecule has 14 heavy (non-hydrogen) atoms. The number of hydrogen-bond acceptors (Lipinski definition) is 2. The van der Waals surface area contributed by atoms with Crippen LogP contribution in [0.1, 0.15) is 19.4 Å². The highest BCUT2D eigenvalue weighted by atomic mass is 79.9. The van der Waals surface area contributed by atoms with Gasteiger partial charge in [-0.05, 0) is 5.56 Å². The molecule has 0 bridgehead atoms. The number of ether oxygens (including phenoxy) is 1. The van der Waals surface area contributed by atoms with E-state index in [-0.39, 0.29) is 5.41 Å². The molecule has 2 nitrogen and oxygen atoms in total. The first-order valence-electron chi connectivity index (χ1n) is 4.27. The zero-order valence-corrected chi connectivity index (χ0v) is 10.8. The number of nitrogens with zero attached hydrogens (tertiary/aromatic N) is 1. The lowest BCUT2D eigenvalue weighted by atomic mass is 9.87. The molecule has 0 fully saturated rings. The van der Waals surface area contributed by atoms with Gasteiger partial charge in [-0.15, -0.1) is 0 Å². The van der Waals surface area contributed by atoms with Gasteiger partial charge in [0.2, 0.25) is 5.88 Å². The highest BCUT2D eigenvalue weighted by Gasteiger charge is 2.22. The molecule has 1 rings (SSSR count). The number of aromatic nitrogens is 1. The quantitative estimate of drug-likeness (QED) is 0.791. The molecule has 0 saturated heterocycles. The predicted molar refractivity (Wildman–Crippen MR) is 62.6 cm³/mol. The summed E-state index contributed by atoms with van der Waals surface area (Å²) in [4.78, 5) is 4.04. The molecule has 0 atom stereocenters. The minimum Gasteiger partial charge on any atom is -0.481 e. The van der Waals surface area contributed by atoms with Crippen molar-refractivity contribution in [3.63, 3.8) is 0 Å². The van der Waals surface area contributed by atoms with Crippen molar-refractivity contribution >= 4 is 27.5 Å². The molecule has 1 heterocycles. The highest BCUT2D eigenvalue weighted by molar-refractivity contribution is 9.09. The van der Waals surface area contributed by atoms with E-state index in [2.05, 4.69) is 34.8 Å². The number of rotatable bonds is 3. The summed E-state index contributed by atoms with van der Waals surface area (Å²) in [6, 6.07) is 1.88. The Labute approximate surface area is 97.8 Å². The summed E-state index contributed by atoms with van der Waals surface area (Å²) in [6.07, 6.45) is 1.63. The fourth-order valence-electron chi connectivity index (χ4n) is 1.12. The Kier molecular flexibility index (Phi) is 3.78. The van der Waals surface area contributed by atoms with E-state index in [1.807, 2.05) is 6.07 Å². The van der Waals surface area contributed by atoms with Gasteiger partial charge in [0.25, 0.3) is 0 Å². The third-order valence-corrected chi connectivity index (χ3v) is 3.81. The van der Waals surface area contributed by atoms with Crippen LogP contribution >= 0.6 is 27.5 Å². The molecule has 0 aromatic carbocycles. The molecule has 0 amide bonds. The molecule has 0 spiro atoms. The van der Waals surface area contributed by atoms with Crippen LogP contribution in [0.25, 0.3) is 0 Å². The van der Waals surface area contributed by atoms with Crippen LogP contribution in [-0.4, -0.2) is 17.4 Å². The van der Waals surface area contributed by atoms with Crippen molar-refractivity contribution in [2.75, 3.05) is 12.4 Å². The van der Waals surface area contributed by atoms with Crippen LogP contribution in [0.2, 0.25) is 5.02 Å². The number of pyridine rings is 1. The smallest absolute Gasteiger partial charge is 0.213 e. The van der Waals surface area contributed by atoms with Crippen LogP contribution in [-0.2, 0) is 5.41 Å². The molecule has 0 unspecified atom stereocenters. The van der Waals surface area contributed by atoms with E-state index in [9.17, 15) is 0 Å². The van der Waals surface area contributed by atoms with Gasteiger partial charge < -0.3 is 4.74 Å². The number of halogens is 2. The fourth-order valence-corrected chi connectivity index (χ4v) is 1.78. The van der Waals surface area contributed by atoms with Gasteiger partial charge in [-0.25, -0.2) is 4.98 Å². The van der Waals surface area contributed by atoms with E-state index in [4.69, 9.17) is 16.3 Å². The Morgan fingerprint density at radius 3 is 2.71 bits per heavy atom. The molecule has 0 N–H and O–H groups in total. The van der Waals surface area contributed by atoms with Crippen molar-refractivity contribution in [1.29, 1.82) is 0 Å². The van der Waals surface area contributed by atoms with Crippen LogP contribution < -0.4 is 4.74 Å². The average Bonchev–Trinajstić information content (AvgIpc) is 2.18. The second-order valence-corrected chi connectivity index (χ2v) is 4.69. The van der Waals surface area contributed by atoms with E-state index in [1.54, 1.807) is 13.3 Å². The monoisotopic (exact) mass is 277 g/mol. The van der Waals surface area contributed by atoms with Gasteiger partial charge in [-0.3, -0.25) is 0 Å². The van der Waals surface area contributed by atoms with Crippen LogP contribution in [0.15, 0.2) is 12.3 Å². The number of hydrogen-bond donors (Lipinski definition) is 0. The molecular weight excluding hydrogens is 265 g/mol. The molecule has 0 aliphatic heterocycles. The van der Waals surface area contributed by atoms with Crippen molar-refractivity contribution in [3.05, 3.63) is 22.8 Å². The number of methoxy groups -OCH3 is 1. The Bertz CT molecular complexity index is 328. The second kappa shape index (κ2) is 4.49. The van der Waals surface area contributed by atoms with E-state index in [1.165, 1.54) is 0 Å². The van der Waals surface area contributed by atoms with E-state index < -0.39 is 0 Å². The van der Waals surface area contributed by atoms with E-state index in [0.717, 1.165) is 10.9 Å². The van der Waals surface area contributed by atoms with Gasteiger partial charge >= 0.3 is 0 Å². The molecule has 0 radical (unpaired) electrons. The minimum atomic E-state index is -0.0205. The van der Waals surface area contributed by atoms with E-state index in [0.29, 0.717) is 10.9 Å². The first-order chi connectivity index (χ1) is 6.51. The van der Waals surface area contributed by atoms with E-state index >= 15 is 0 Å². The topological polar surface area (TPSA) is 22.1 Å². The lowest BCUT2D eigenvalue weighted by Crippen LogP contribution is -2.19. The summed E-state index contributed by atoms with van der Waals surface area (Å²) in [5.74, 6) is 0.596. The molecule has 1 aromatic rings. The van der Waals surface area contributed by atoms with Crippen LogP contribution in [0.4, 0.5) is 0 Å². The first-order valence-corrected chi connectivity index (χ1v) is 5.77. The van der Waals surface area contributed by atoms with Crippen molar-refractivity contribution in [3.8, 4) is 5.88 Å². The van der Waals surface area contributed by atoms with Crippen molar-refractivity contribution in [2.24, 2.45) is 0 Å². The van der Waals surface area contributed by atoms with Crippen molar-refractivity contribution < 1.29 is 4.74 Å². The molecule has 4 heteroatoms. The Morgan fingerprint density at radius 1 is 1.57 bits per heavy atom. The van der Waals surface area contributed by atoms with Gasteiger partial charge in [0.05, 0.1) is 12.1 Å². The summed E-state index contributed by atoms with van der Waals surface area (Å²) in [7, 11) is 1.60. The van der Waals surface area contributed by atoms with Crippen LogP contribution in [0.5, 0.6) is 5.88 Å². The summed E-state index contributed by atoms with van der Waals surface area (Å²) >= 11 is 9.55. The summed E-state index contributed by atoms with van der Waals surface area (Å²) in [6.45, 7) is 4.23. The fraction of sp³-hybridized carbons (Fsp3) is 0.500. The lowest BCUT2D eigenvalue weighted by molar-refractivity contribution is 0.396. The SMILES string of the molecule is COc1cc(C(C)(C)CBr)c(Cl)cn1.